The summed E-state index contributed by atoms with van der Waals surface area (Å²) < 4.78 is 5.25. The van der Waals surface area contributed by atoms with Crippen molar-refractivity contribution >= 4 is 5.69 Å². The van der Waals surface area contributed by atoms with E-state index in [0.29, 0.717) is 11.4 Å². The number of rotatable bonds is 2. The molecule has 4 rings (SSSR count). The maximum atomic E-state index is 9.53. The highest BCUT2D eigenvalue weighted by atomic mass is 16.5. The van der Waals surface area contributed by atoms with Crippen molar-refractivity contribution in [1.82, 2.24) is 15.2 Å². The molecule has 0 radical (unpaired) electrons. The van der Waals surface area contributed by atoms with Gasteiger partial charge in [-0.1, -0.05) is 0 Å². The SMILES string of the molecule is COc1nccc(N2CCCC3(CCc4cn[nH]c43)C2)c1C#N. The summed E-state index contributed by atoms with van der Waals surface area (Å²) in [5.41, 5.74) is 4.22. The lowest BCUT2D eigenvalue weighted by molar-refractivity contribution is 0.332. The van der Waals surface area contributed by atoms with Crippen LogP contribution in [0.5, 0.6) is 5.88 Å². The molecule has 2 aliphatic rings. The number of aromatic amines is 1. The standard InChI is InChI=1S/C17H19N5O/c1-23-16-13(9-18)14(4-7-19-16)22-8-2-5-17(11-22)6-3-12-10-20-21-15(12)17/h4,7,10H,2-3,5-6,8,11H2,1H3,(H,20,21). The van der Waals surface area contributed by atoms with E-state index in [1.54, 1.807) is 13.3 Å². The van der Waals surface area contributed by atoms with E-state index in [1.165, 1.54) is 17.7 Å². The van der Waals surface area contributed by atoms with Crippen molar-refractivity contribution in [2.24, 2.45) is 0 Å². The lowest BCUT2D eigenvalue weighted by Gasteiger charge is -2.41. The third-order valence-electron chi connectivity index (χ3n) is 5.24. The van der Waals surface area contributed by atoms with Crippen molar-refractivity contribution in [2.45, 2.75) is 31.1 Å². The highest BCUT2D eigenvalue weighted by Crippen LogP contribution is 2.45. The van der Waals surface area contributed by atoms with Crippen LogP contribution in [-0.2, 0) is 11.8 Å². The molecule has 2 aromatic heterocycles. The molecular weight excluding hydrogens is 290 g/mol. The zero-order valence-electron chi connectivity index (χ0n) is 13.2. The van der Waals surface area contributed by atoms with Crippen LogP contribution in [0.25, 0.3) is 0 Å². The summed E-state index contributed by atoms with van der Waals surface area (Å²) in [7, 11) is 1.55. The molecule has 0 bridgehead atoms. The highest BCUT2D eigenvalue weighted by molar-refractivity contribution is 5.63. The number of aryl methyl sites for hydroxylation is 1. The Labute approximate surface area is 135 Å². The summed E-state index contributed by atoms with van der Waals surface area (Å²) >= 11 is 0. The topological polar surface area (TPSA) is 77.8 Å². The minimum Gasteiger partial charge on any atom is -0.480 e. The summed E-state index contributed by atoms with van der Waals surface area (Å²) in [4.78, 5) is 6.46. The van der Waals surface area contributed by atoms with Crippen LogP contribution >= 0.6 is 0 Å². The van der Waals surface area contributed by atoms with Crippen molar-refractivity contribution in [2.75, 3.05) is 25.1 Å². The van der Waals surface area contributed by atoms with Crippen molar-refractivity contribution < 1.29 is 4.74 Å². The minimum atomic E-state index is 0.132. The van der Waals surface area contributed by atoms with Crippen LogP contribution in [0.3, 0.4) is 0 Å². The quantitative estimate of drug-likeness (QED) is 0.920. The summed E-state index contributed by atoms with van der Waals surface area (Å²) in [5, 5.41) is 17.0. The van der Waals surface area contributed by atoms with Crippen LogP contribution in [-0.4, -0.2) is 35.4 Å². The molecule has 1 unspecified atom stereocenters. The number of nitrogens with zero attached hydrogens (tertiary/aromatic N) is 4. The zero-order chi connectivity index (χ0) is 15.9. The fourth-order valence-corrected chi connectivity index (χ4v) is 4.16. The molecular formula is C17H19N5O. The lowest BCUT2D eigenvalue weighted by atomic mass is 9.77. The number of ether oxygens (including phenoxy) is 1. The Morgan fingerprint density at radius 1 is 1.43 bits per heavy atom. The molecule has 0 aromatic carbocycles. The monoisotopic (exact) mass is 309 g/mol. The number of fused-ring (bicyclic) bond motifs is 2. The smallest absolute Gasteiger partial charge is 0.233 e. The van der Waals surface area contributed by atoms with Crippen molar-refractivity contribution in [3.05, 3.63) is 35.3 Å². The largest absolute Gasteiger partial charge is 0.480 e. The Morgan fingerprint density at radius 3 is 3.17 bits per heavy atom. The number of aromatic nitrogens is 3. The van der Waals surface area contributed by atoms with Gasteiger partial charge in [-0.3, -0.25) is 5.10 Å². The van der Waals surface area contributed by atoms with Gasteiger partial charge in [-0.2, -0.15) is 10.4 Å². The van der Waals surface area contributed by atoms with E-state index in [1.807, 2.05) is 12.3 Å². The van der Waals surface area contributed by atoms with E-state index in [0.717, 1.165) is 38.0 Å². The van der Waals surface area contributed by atoms with E-state index >= 15 is 0 Å². The third kappa shape index (κ3) is 2.07. The molecule has 23 heavy (non-hydrogen) atoms. The molecule has 1 saturated heterocycles. The average molecular weight is 309 g/mol. The van der Waals surface area contributed by atoms with Crippen LogP contribution in [0.4, 0.5) is 5.69 Å². The minimum absolute atomic E-state index is 0.132. The van der Waals surface area contributed by atoms with Crippen LogP contribution in [0.15, 0.2) is 18.5 Å². The zero-order valence-corrected chi connectivity index (χ0v) is 13.2. The van der Waals surface area contributed by atoms with E-state index in [-0.39, 0.29) is 5.41 Å². The summed E-state index contributed by atoms with van der Waals surface area (Å²) in [6.45, 7) is 1.86. The maximum Gasteiger partial charge on any atom is 0.233 e. The predicted octanol–water partition coefficient (Wildman–Crippen LogP) is 2.17. The normalized spacial score (nSPS) is 22.9. The number of anilines is 1. The molecule has 0 amide bonds. The molecule has 2 aromatic rings. The van der Waals surface area contributed by atoms with E-state index in [9.17, 15) is 5.26 Å². The van der Waals surface area contributed by atoms with Crippen LogP contribution in [0.2, 0.25) is 0 Å². The summed E-state index contributed by atoms with van der Waals surface area (Å²) in [6.07, 6.45) is 8.18. The highest BCUT2D eigenvalue weighted by Gasteiger charge is 2.44. The van der Waals surface area contributed by atoms with Gasteiger partial charge in [0.2, 0.25) is 5.88 Å². The molecule has 6 heteroatoms. The number of methoxy groups -OCH3 is 1. The van der Waals surface area contributed by atoms with Crippen LogP contribution in [0.1, 0.15) is 36.1 Å². The lowest BCUT2D eigenvalue weighted by Crippen LogP contribution is -2.45. The summed E-state index contributed by atoms with van der Waals surface area (Å²) in [5.74, 6) is 0.401. The van der Waals surface area contributed by atoms with Gasteiger partial charge in [0.1, 0.15) is 11.6 Å². The Hall–Kier alpha value is -2.55. The Bertz CT molecular complexity index is 778. The van der Waals surface area contributed by atoms with Crippen LogP contribution in [0, 0.1) is 11.3 Å². The van der Waals surface area contributed by atoms with Gasteiger partial charge in [0.25, 0.3) is 0 Å². The molecule has 1 N–H and O–H groups in total. The van der Waals surface area contributed by atoms with Crippen molar-refractivity contribution in [3.63, 3.8) is 0 Å². The van der Waals surface area contributed by atoms with Gasteiger partial charge in [-0.25, -0.2) is 4.98 Å². The number of nitrogens with one attached hydrogen (secondary N) is 1. The Morgan fingerprint density at radius 2 is 2.35 bits per heavy atom. The van der Waals surface area contributed by atoms with Crippen molar-refractivity contribution in [3.8, 4) is 11.9 Å². The molecule has 1 atom stereocenters. The average Bonchev–Trinajstić information content (AvgIpc) is 3.19. The van der Waals surface area contributed by atoms with E-state index < -0.39 is 0 Å². The van der Waals surface area contributed by atoms with Gasteiger partial charge < -0.3 is 9.64 Å². The maximum absolute atomic E-state index is 9.53. The molecule has 6 nitrogen and oxygen atoms in total. The number of nitriles is 1. The Kier molecular flexibility index (Phi) is 3.22. The molecule has 1 aliphatic heterocycles. The van der Waals surface area contributed by atoms with Gasteiger partial charge in [-0.05, 0) is 37.3 Å². The number of piperidine rings is 1. The van der Waals surface area contributed by atoms with Gasteiger partial charge in [0.05, 0.1) is 19.0 Å². The second-order valence-electron chi connectivity index (χ2n) is 6.40. The van der Waals surface area contributed by atoms with Gasteiger partial charge >= 0.3 is 0 Å². The van der Waals surface area contributed by atoms with Crippen LogP contribution < -0.4 is 9.64 Å². The molecule has 1 spiro atoms. The molecule has 118 valence electrons. The van der Waals surface area contributed by atoms with Gasteiger partial charge in [0, 0.05) is 30.4 Å². The van der Waals surface area contributed by atoms with E-state index in [2.05, 4.69) is 26.2 Å². The molecule has 3 heterocycles. The number of H-pyrrole nitrogens is 1. The molecule has 0 saturated carbocycles. The first-order chi connectivity index (χ1) is 11.3. The van der Waals surface area contributed by atoms with Gasteiger partial charge in [0.15, 0.2) is 0 Å². The Balaban J connectivity index is 1.71. The fourth-order valence-electron chi connectivity index (χ4n) is 4.16. The first-order valence-corrected chi connectivity index (χ1v) is 7.98. The predicted molar refractivity (Wildman–Crippen MR) is 85.5 cm³/mol. The fraction of sp³-hybridized carbons (Fsp3) is 0.471. The number of hydrogen-bond acceptors (Lipinski definition) is 5. The molecule has 1 aliphatic carbocycles. The second-order valence-corrected chi connectivity index (χ2v) is 6.40. The van der Waals surface area contributed by atoms with E-state index in [4.69, 9.17) is 4.74 Å². The first-order valence-electron chi connectivity index (χ1n) is 7.98. The molecule has 1 fully saturated rings. The first kappa shape index (κ1) is 14.1. The third-order valence-corrected chi connectivity index (χ3v) is 5.24. The van der Waals surface area contributed by atoms with Crippen molar-refractivity contribution in [1.29, 1.82) is 5.26 Å². The number of hydrogen-bond donors (Lipinski definition) is 1. The number of pyridine rings is 1. The summed E-state index contributed by atoms with van der Waals surface area (Å²) in [6, 6.07) is 4.18. The second kappa shape index (κ2) is 5.27. The van der Waals surface area contributed by atoms with Gasteiger partial charge in [-0.15, -0.1) is 0 Å².